The number of hydrogen-bond acceptors (Lipinski definition) is 3. The summed E-state index contributed by atoms with van der Waals surface area (Å²) in [7, 11) is 1.44. The van der Waals surface area contributed by atoms with E-state index in [2.05, 4.69) is 10.6 Å². The van der Waals surface area contributed by atoms with Crippen molar-refractivity contribution in [1.29, 1.82) is 0 Å². The molecule has 1 atom stereocenters. The summed E-state index contributed by atoms with van der Waals surface area (Å²) in [4.78, 5) is 23.9. The van der Waals surface area contributed by atoms with E-state index in [4.69, 9.17) is 16.3 Å². The molecular weight excluding hydrogens is 347 g/mol. The summed E-state index contributed by atoms with van der Waals surface area (Å²) in [6.45, 7) is 1.86. The van der Waals surface area contributed by atoms with Gasteiger partial charge >= 0.3 is 11.8 Å². The van der Waals surface area contributed by atoms with Gasteiger partial charge in [0.25, 0.3) is 0 Å². The number of hydrogen-bond donors (Lipinski definition) is 2. The lowest BCUT2D eigenvalue weighted by Crippen LogP contribution is -2.38. The summed E-state index contributed by atoms with van der Waals surface area (Å²) < 4.78 is 18.5. The zero-order chi connectivity index (χ0) is 18.4. The predicted molar refractivity (Wildman–Crippen MR) is 94.0 cm³/mol. The lowest BCUT2D eigenvalue weighted by atomic mass is 10.1. The van der Waals surface area contributed by atoms with E-state index >= 15 is 0 Å². The highest BCUT2D eigenvalue weighted by molar-refractivity contribution is 6.39. The van der Waals surface area contributed by atoms with Gasteiger partial charge in [-0.1, -0.05) is 29.8 Å². The molecule has 0 aliphatic carbocycles. The van der Waals surface area contributed by atoms with Gasteiger partial charge < -0.3 is 15.4 Å². The van der Waals surface area contributed by atoms with Gasteiger partial charge in [-0.05, 0) is 42.3 Å². The molecule has 0 aliphatic heterocycles. The third-order valence-electron chi connectivity index (χ3n) is 3.59. The smallest absolute Gasteiger partial charge is 0.313 e. The first-order valence-corrected chi connectivity index (χ1v) is 7.92. The fraction of sp³-hybridized carbons (Fsp3) is 0.222. The molecule has 0 spiro atoms. The highest BCUT2D eigenvalue weighted by Crippen LogP contribution is 2.20. The maximum Gasteiger partial charge on any atom is 0.313 e. The molecule has 7 heteroatoms. The van der Waals surface area contributed by atoms with Crippen LogP contribution < -0.4 is 10.6 Å². The van der Waals surface area contributed by atoms with Crippen LogP contribution in [-0.2, 0) is 14.3 Å². The second-order valence-electron chi connectivity index (χ2n) is 5.41. The van der Waals surface area contributed by atoms with Crippen LogP contribution in [0.15, 0.2) is 42.5 Å². The number of aryl methyl sites for hydroxylation is 1. The van der Waals surface area contributed by atoms with Crippen LogP contribution in [0.25, 0.3) is 0 Å². The van der Waals surface area contributed by atoms with Gasteiger partial charge in [0.05, 0.1) is 6.10 Å². The van der Waals surface area contributed by atoms with Crippen LogP contribution in [0, 0.1) is 12.7 Å². The number of carbonyl (C=O) groups excluding carboxylic acids is 2. The third-order valence-corrected chi connectivity index (χ3v) is 4.00. The molecule has 0 radical (unpaired) electrons. The Morgan fingerprint density at radius 2 is 1.96 bits per heavy atom. The van der Waals surface area contributed by atoms with Crippen molar-refractivity contribution in [2.75, 3.05) is 19.0 Å². The molecule has 2 rings (SSSR count). The average molecular weight is 365 g/mol. The molecule has 25 heavy (non-hydrogen) atoms. The molecule has 132 valence electrons. The molecular formula is C18H18ClFN2O3. The van der Waals surface area contributed by atoms with E-state index in [0.717, 1.165) is 5.56 Å². The topological polar surface area (TPSA) is 67.4 Å². The highest BCUT2D eigenvalue weighted by Gasteiger charge is 2.17. The lowest BCUT2D eigenvalue weighted by Gasteiger charge is -2.16. The minimum absolute atomic E-state index is 0.0286. The van der Waals surface area contributed by atoms with E-state index in [-0.39, 0.29) is 6.54 Å². The third kappa shape index (κ3) is 5.27. The van der Waals surface area contributed by atoms with Gasteiger partial charge in [-0.2, -0.15) is 0 Å². The van der Waals surface area contributed by atoms with Gasteiger partial charge in [-0.15, -0.1) is 0 Å². The van der Waals surface area contributed by atoms with Gasteiger partial charge in [0.1, 0.15) is 5.82 Å². The Kier molecular flexibility index (Phi) is 6.50. The van der Waals surface area contributed by atoms with E-state index < -0.39 is 23.7 Å². The normalized spacial score (nSPS) is 11.7. The van der Waals surface area contributed by atoms with Crippen molar-refractivity contribution >= 4 is 29.1 Å². The number of halogens is 2. The SMILES string of the molecule is COC(CNC(=O)C(=O)Nc1ccc(C)c(Cl)c1)c1cccc(F)c1. The summed E-state index contributed by atoms with van der Waals surface area (Å²) >= 11 is 5.98. The van der Waals surface area contributed by atoms with Crippen molar-refractivity contribution in [1.82, 2.24) is 5.32 Å². The standard InChI is InChI=1S/C18H18ClFN2O3/c1-11-6-7-14(9-15(11)19)22-18(24)17(23)21-10-16(25-2)12-4-3-5-13(20)8-12/h3-9,16H,10H2,1-2H3,(H,21,23)(H,22,24). The van der Waals surface area contributed by atoms with E-state index in [1.807, 2.05) is 6.92 Å². The number of anilines is 1. The Labute approximate surface area is 150 Å². The summed E-state index contributed by atoms with van der Waals surface area (Å²) in [6, 6.07) is 10.8. The van der Waals surface area contributed by atoms with Crippen LogP contribution in [0.3, 0.4) is 0 Å². The van der Waals surface area contributed by atoms with Crippen LogP contribution in [0.5, 0.6) is 0 Å². The van der Waals surface area contributed by atoms with Crippen molar-refractivity contribution in [3.63, 3.8) is 0 Å². The minimum atomic E-state index is -0.825. The molecule has 2 N–H and O–H groups in total. The molecule has 0 aliphatic rings. The van der Waals surface area contributed by atoms with E-state index in [9.17, 15) is 14.0 Å². The Balaban J connectivity index is 1.93. The molecule has 0 saturated carbocycles. The van der Waals surface area contributed by atoms with Gasteiger partial charge in [-0.3, -0.25) is 9.59 Å². The van der Waals surface area contributed by atoms with Gasteiger partial charge in [-0.25, -0.2) is 4.39 Å². The first-order chi connectivity index (χ1) is 11.9. The number of ether oxygens (including phenoxy) is 1. The molecule has 1 unspecified atom stereocenters. The largest absolute Gasteiger partial charge is 0.375 e. The quantitative estimate of drug-likeness (QED) is 0.800. The monoisotopic (exact) mass is 364 g/mol. The van der Waals surface area contributed by atoms with Crippen molar-refractivity contribution in [2.45, 2.75) is 13.0 Å². The Hall–Kier alpha value is -2.44. The fourth-order valence-electron chi connectivity index (χ4n) is 2.17. The number of amides is 2. The van der Waals surface area contributed by atoms with Gasteiger partial charge in [0.2, 0.25) is 0 Å². The minimum Gasteiger partial charge on any atom is -0.375 e. The van der Waals surface area contributed by atoms with Crippen molar-refractivity contribution in [2.24, 2.45) is 0 Å². The molecule has 2 aromatic carbocycles. The average Bonchev–Trinajstić information content (AvgIpc) is 2.58. The molecule has 5 nitrogen and oxygen atoms in total. The van der Waals surface area contributed by atoms with E-state index in [1.165, 1.54) is 19.2 Å². The van der Waals surface area contributed by atoms with Gasteiger partial charge in [0.15, 0.2) is 0 Å². The molecule has 2 amide bonds. The lowest BCUT2D eigenvalue weighted by molar-refractivity contribution is -0.136. The van der Waals surface area contributed by atoms with Crippen molar-refractivity contribution in [3.8, 4) is 0 Å². The van der Waals surface area contributed by atoms with Crippen LogP contribution in [-0.4, -0.2) is 25.5 Å². The van der Waals surface area contributed by atoms with E-state index in [0.29, 0.717) is 16.3 Å². The number of nitrogens with one attached hydrogen (secondary N) is 2. The van der Waals surface area contributed by atoms with Gasteiger partial charge in [0, 0.05) is 24.4 Å². The number of methoxy groups -OCH3 is 1. The first-order valence-electron chi connectivity index (χ1n) is 7.54. The number of carbonyl (C=O) groups is 2. The zero-order valence-electron chi connectivity index (χ0n) is 13.8. The van der Waals surface area contributed by atoms with Crippen LogP contribution >= 0.6 is 11.6 Å². The molecule has 0 fully saturated rings. The zero-order valence-corrected chi connectivity index (χ0v) is 14.6. The summed E-state index contributed by atoms with van der Waals surface area (Å²) in [6.07, 6.45) is -0.568. The second kappa shape index (κ2) is 8.60. The highest BCUT2D eigenvalue weighted by atomic mass is 35.5. The molecule has 0 aromatic heterocycles. The summed E-state index contributed by atoms with van der Waals surface area (Å²) in [5.41, 5.74) is 1.85. The number of rotatable bonds is 5. The fourth-order valence-corrected chi connectivity index (χ4v) is 2.35. The molecule has 2 aromatic rings. The Bertz CT molecular complexity index is 783. The Morgan fingerprint density at radius 1 is 1.20 bits per heavy atom. The molecule has 0 saturated heterocycles. The summed E-state index contributed by atoms with van der Waals surface area (Å²) in [5.74, 6) is -2.05. The van der Waals surface area contributed by atoms with Crippen molar-refractivity contribution in [3.05, 3.63) is 64.4 Å². The van der Waals surface area contributed by atoms with Crippen LogP contribution in [0.1, 0.15) is 17.2 Å². The van der Waals surface area contributed by atoms with Crippen LogP contribution in [0.2, 0.25) is 5.02 Å². The van der Waals surface area contributed by atoms with Crippen LogP contribution in [0.4, 0.5) is 10.1 Å². The second-order valence-corrected chi connectivity index (χ2v) is 5.81. The Morgan fingerprint density at radius 3 is 2.60 bits per heavy atom. The predicted octanol–water partition coefficient (Wildman–Crippen LogP) is 3.23. The molecule has 0 bridgehead atoms. The number of benzene rings is 2. The first kappa shape index (κ1) is 18.9. The van der Waals surface area contributed by atoms with Crippen molar-refractivity contribution < 1.29 is 18.7 Å². The summed E-state index contributed by atoms with van der Waals surface area (Å²) in [5, 5.41) is 5.42. The maximum absolute atomic E-state index is 13.3. The van der Waals surface area contributed by atoms with E-state index in [1.54, 1.807) is 30.3 Å². The maximum atomic E-state index is 13.3. The molecule has 0 heterocycles.